The molecule has 0 atom stereocenters. The first-order valence-corrected chi connectivity index (χ1v) is 5.58. The summed E-state index contributed by atoms with van der Waals surface area (Å²) in [5.74, 6) is 0.288. The van der Waals surface area contributed by atoms with Crippen molar-refractivity contribution in [2.24, 2.45) is 0 Å². The van der Waals surface area contributed by atoms with Crippen molar-refractivity contribution in [3.05, 3.63) is 54.0 Å². The maximum Gasteiger partial charge on any atom is 0.707 e. The largest absolute Gasteiger partial charge is 0.707 e. The first-order valence-electron chi connectivity index (χ1n) is 5.58. The summed E-state index contributed by atoms with van der Waals surface area (Å²) in [6, 6.07) is 9.79. The summed E-state index contributed by atoms with van der Waals surface area (Å²) in [6.07, 6.45) is 1.43. The topological polar surface area (TPSA) is 91.9 Å². The van der Waals surface area contributed by atoms with E-state index in [1.54, 1.807) is 36.4 Å². The fourth-order valence-electron chi connectivity index (χ4n) is 1.48. The number of hydrogen-bond acceptors (Lipinski definition) is 5. The Morgan fingerprint density at radius 1 is 1.26 bits per heavy atom. The van der Waals surface area contributed by atoms with E-state index in [9.17, 15) is 4.79 Å². The lowest BCUT2D eigenvalue weighted by molar-refractivity contribution is 0.0923. The zero-order chi connectivity index (χ0) is 13.7. The van der Waals surface area contributed by atoms with Gasteiger partial charge in [0, 0.05) is 6.54 Å². The van der Waals surface area contributed by atoms with Crippen LogP contribution in [0.3, 0.4) is 0 Å². The first kappa shape index (κ1) is 13.2. The number of amides is 1. The van der Waals surface area contributed by atoms with Crippen LogP contribution in [0.5, 0.6) is 5.75 Å². The molecule has 19 heavy (non-hydrogen) atoms. The number of nitrogens with one attached hydrogen (secondary N) is 1. The lowest BCUT2D eigenvalue weighted by Crippen LogP contribution is -2.22. The molecule has 1 amide bonds. The van der Waals surface area contributed by atoms with Gasteiger partial charge in [0.1, 0.15) is 5.75 Å². The lowest BCUT2D eigenvalue weighted by Gasteiger charge is -2.06. The predicted molar refractivity (Wildman–Crippen MR) is 67.1 cm³/mol. The monoisotopic (exact) mass is 261 g/mol. The molecule has 3 N–H and O–H groups in total. The van der Waals surface area contributed by atoms with Crippen LogP contribution in [0.1, 0.15) is 16.1 Å². The van der Waals surface area contributed by atoms with Gasteiger partial charge in [-0.25, -0.2) is 0 Å². The Labute approximate surface area is 109 Å². The van der Waals surface area contributed by atoms with E-state index in [0.29, 0.717) is 12.3 Å². The Morgan fingerprint density at radius 2 is 2.00 bits per heavy atom. The third-order valence-corrected chi connectivity index (χ3v) is 2.36. The molecule has 0 radical (unpaired) electrons. The number of hydrogen-bond donors (Lipinski definition) is 3. The molecule has 98 valence electrons. The first-order chi connectivity index (χ1) is 9.15. The number of rotatable bonds is 5. The van der Waals surface area contributed by atoms with Crippen LogP contribution in [0.15, 0.2) is 47.1 Å². The number of benzene rings is 1. The summed E-state index contributed by atoms with van der Waals surface area (Å²) < 4.78 is 9.62. The van der Waals surface area contributed by atoms with Crippen LogP contribution >= 0.6 is 0 Å². The molecule has 0 spiro atoms. The normalized spacial score (nSPS) is 10.0. The summed E-state index contributed by atoms with van der Waals surface area (Å²) in [4.78, 5) is 11.6. The van der Waals surface area contributed by atoms with Gasteiger partial charge in [0.15, 0.2) is 5.76 Å². The molecule has 2 rings (SSSR count). The highest BCUT2D eigenvalue weighted by Crippen LogP contribution is 2.12. The second kappa shape index (κ2) is 6.08. The highest BCUT2D eigenvalue weighted by atomic mass is 16.6. The SMILES string of the molecule is O=C(NCc1ccc(OB(O)O)cc1)c1ccco1. The molecule has 1 aromatic heterocycles. The van der Waals surface area contributed by atoms with Crippen molar-refractivity contribution in [1.82, 2.24) is 5.32 Å². The van der Waals surface area contributed by atoms with Crippen LogP contribution < -0.4 is 9.97 Å². The van der Waals surface area contributed by atoms with Crippen molar-refractivity contribution < 1.29 is 23.9 Å². The van der Waals surface area contributed by atoms with Crippen LogP contribution in [-0.4, -0.2) is 23.3 Å². The van der Waals surface area contributed by atoms with E-state index in [4.69, 9.17) is 14.5 Å². The average molecular weight is 261 g/mol. The average Bonchev–Trinajstić information content (AvgIpc) is 2.91. The van der Waals surface area contributed by atoms with E-state index >= 15 is 0 Å². The molecule has 0 bridgehead atoms. The molecule has 0 saturated carbocycles. The zero-order valence-corrected chi connectivity index (χ0v) is 9.95. The maximum absolute atomic E-state index is 11.6. The van der Waals surface area contributed by atoms with Crippen molar-refractivity contribution in [2.45, 2.75) is 6.54 Å². The number of carbonyl (C=O) groups excluding carboxylic acids is 1. The fraction of sp³-hybridized carbons (Fsp3) is 0.0833. The van der Waals surface area contributed by atoms with Crippen LogP contribution in [0.2, 0.25) is 0 Å². The van der Waals surface area contributed by atoms with Gasteiger partial charge < -0.3 is 24.4 Å². The van der Waals surface area contributed by atoms with Crippen LogP contribution in [0.4, 0.5) is 0 Å². The van der Waals surface area contributed by atoms with Gasteiger partial charge in [0.05, 0.1) is 6.26 Å². The minimum atomic E-state index is -1.84. The third kappa shape index (κ3) is 3.87. The molecule has 0 unspecified atom stereocenters. The second-order valence-corrected chi connectivity index (χ2v) is 3.75. The molecular weight excluding hydrogens is 249 g/mol. The van der Waals surface area contributed by atoms with E-state index in [2.05, 4.69) is 9.97 Å². The molecular formula is C12H12BNO5. The van der Waals surface area contributed by atoms with Crippen molar-refractivity contribution in [3.8, 4) is 5.75 Å². The van der Waals surface area contributed by atoms with Gasteiger partial charge in [0.25, 0.3) is 5.91 Å². The molecule has 0 aliphatic rings. The molecule has 0 aliphatic heterocycles. The van der Waals surface area contributed by atoms with Crippen LogP contribution in [-0.2, 0) is 6.54 Å². The Bertz CT molecular complexity index is 524. The lowest BCUT2D eigenvalue weighted by atomic mass is 10.2. The Kier molecular flexibility index (Phi) is 4.22. The van der Waals surface area contributed by atoms with E-state index < -0.39 is 7.32 Å². The third-order valence-electron chi connectivity index (χ3n) is 2.36. The standard InChI is InChI=1S/C12H12BNO5/c15-12(11-2-1-7-18-11)14-8-9-3-5-10(6-4-9)19-13(16)17/h1-7,16-17H,8H2,(H,14,15). The summed E-state index contributed by atoms with van der Waals surface area (Å²) in [7, 11) is -1.84. The van der Waals surface area contributed by atoms with Gasteiger partial charge in [-0.3, -0.25) is 4.79 Å². The van der Waals surface area contributed by atoms with Crippen LogP contribution in [0, 0.1) is 0 Å². The Hall–Kier alpha value is -2.25. The van der Waals surface area contributed by atoms with Crippen molar-refractivity contribution in [3.63, 3.8) is 0 Å². The Morgan fingerprint density at radius 3 is 2.58 bits per heavy atom. The minimum absolute atomic E-state index is 0.253. The van der Waals surface area contributed by atoms with E-state index in [1.165, 1.54) is 6.26 Å². The van der Waals surface area contributed by atoms with Gasteiger partial charge >= 0.3 is 7.32 Å². The number of furan rings is 1. The highest BCUT2D eigenvalue weighted by Gasteiger charge is 2.11. The van der Waals surface area contributed by atoms with Gasteiger partial charge in [-0.1, -0.05) is 12.1 Å². The van der Waals surface area contributed by atoms with Gasteiger partial charge in [-0.15, -0.1) is 0 Å². The van der Waals surface area contributed by atoms with Gasteiger partial charge in [-0.05, 0) is 29.8 Å². The molecule has 7 heteroatoms. The van der Waals surface area contributed by atoms with E-state index in [1.807, 2.05) is 0 Å². The van der Waals surface area contributed by atoms with Crippen molar-refractivity contribution in [1.29, 1.82) is 0 Å². The molecule has 2 aromatic rings. The van der Waals surface area contributed by atoms with Crippen molar-refractivity contribution >= 4 is 13.2 Å². The summed E-state index contributed by atoms with van der Waals surface area (Å²) in [5.41, 5.74) is 0.847. The Balaban J connectivity index is 1.88. The van der Waals surface area contributed by atoms with E-state index in [-0.39, 0.29) is 11.7 Å². The van der Waals surface area contributed by atoms with Gasteiger partial charge in [-0.2, -0.15) is 0 Å². The van der Waals surface area contributed by atoms with Crippen molar-refractivity contribution in [2.75, 3.05) is 0 Å². The molecule has 1 aromatic carbocycles. The fourth-order valence-corrected chi connectivity index (χ4v) is 1.48. The number of carbonyl (C=O) groups is 1. The van der Waals surface area contributed by atoms with Crippen LogP contribution in [0.25, 0.3) is 0 Å². The maximum atomic E-state index is 11.6. The van der Waals surface area contributed by atoms with Gasteiger partial charge in [0.2, 0.25) is 0 Å². The highest BCUT2D eigenvalue weighted by molar-refractivity contribution is 6.33. The molecule has 0 aliphatic carbocycles. The summed E-state index contributed by atoms with van der Waals surface area (Å²) in [6.45, 7) is 0.335. The molecule has 6 nitrogen and oxygen atoms in total. The quantitative estimate of drug-likeness (QED) is 0.684. The van der Waals surface area contributed by atoms with E-state index in [0.717, 1.165) is 5.56 Å². The summed E-state index contributed by atoms with van der Waals surface area (Å²) >= 11 is 0. The molecule has 0 fully saturated rings. The zero-order valence-electron chi connectivity index (χ0n) is 9.95. The minimum Gasteiger partial charge on any atom is -0.512 e. The second-order valence-electron chi connectivity index (χ2n) is 3.75. The summed E-state index contributed by atoms with van der Waals surface area (Å²) in [5, 5.41) is 19.9. The molecule has 0 saturated heterocycles. The predicted octanol–water partition coefficient (Wildman–Crippen LogP) is 0.558. The smallest absolute Gasteiger partial charge is 0.512 e. The molecule has 1 heterocycles.